The minimum Gasteiger partial charge on any atom is -0.347 e. The lowest BCUT2D eigenvalue weighted by Crippen LogP contribution is -2.34. The summed E-state index contributed by atoms with van der Waals surface area (Å²) >= 11 is 0. The first-order valence-electron chi connectivity index (χ1n) is 5.56. The summed E-state index contributed by atoms with van der Waals surface area (Å²) < 4.78 is 0. The number of amides is 1. The Kier molecular flexibility index (Phi) is 3.24. The minimum absolute atomic E-state index is 0.105. The maximum absolute atomic E-state index is 11.7. The molecule has 0 atom stereocenters. The molecule has 5 nitrogen and oxygen atoms in total. The van der Waals surface area contributed by atoms with Crippen LogP contribution in [0.15, 0.2) is 18.3 Å². The van der Waals surface area contributed by atoms with E-state index in [0.717, 1.165) is 25.3 Å². The second-order valence-electron chi connectivity index (χ2n) is 4.11. The van der Waals surface area contributed by atoms with E-state index in [1.807, 2.05) is 18.0 Å². The van der Waals surface area contributed by atoms with E-state index < -0.39 is 0 Å². The van der Waals surface area contributed by atoms with Crippen molar-refractivity contribution in [2.75, 3.05) is 31.6 Å². The summed E-state index contributed by atoms with van der Waals surface area (Å²) in [6.07, 6.45) is 2.47. The van der Waals surface area contributed by atoms with Gasteiger partial charge >= 0.3 is 0 Å². The van der Waals surface area contributed by atoms with Gasteiger partial charge in [-0.2, -0.15) is 5.26 Å². The Morgan fingerprint density at radius 1 is 1.41 bits per heavy atom. The summed E-state index contributed by atoms with van der Waals surface area (Å²) in [5.41, 5.74) is 0.534. The van der Waals surface area contributed by atoms with Crippen LogP contribution >= 0.6 is 0 Å². The highest BCUT2D eigenvalue weighted by Gasteiger charge is 2.19. The topological polar surface area (TPSA) is 60.2 Å². The van der Waals surface area contributed by atoms with Gasteiger partial charge in [-0.15, -0.1) is 0 Å². The molecule has 1 saturated heterocycles. The molecule has 0 saturated carbocycles. The molecule has 0 spiro atoms. The van der Waals surface area contributed by atoms with Crippen molar-refractivity contribution in [2.45, 2.75) is 6.42 Å². The molecule has 88 valence electrons. The number of pyridine rings is 1. The van der Waals surface area contributed by atoms with E-state index in [9.17, 15) is 4.79 Å². The molecule has 5 heteroatoms. The van der Waals surface area contributed by atoms with Crippen LogP contribution in [0.4, 0.5) is 5.82 Å². The van der Waals surface area contributed by atoms with Crippen LogP contribution in [0.1, 0.15) is 12.0 Å². The number of anilines is 1. The third kappa shape index (κ3) is 2.53. The molecule has 1 aromatic rings. The van der Waals surface area contributed by atoms with Crippen molar-refractivity contribution in [3.63, 3.8) is 0 Å². The van der Waals surface area contributed by atoms with Crippen molar-refractivity contribution in [3.8, 4) is 6.07 Å². The van der Waals surface area contributed by atoms with Gasteiger partial charge in [0, 0.05) is 26.3 Å². The van der Waals surface area contributed by atoms with E-state index in [-0.39, 0.29) is 5.91 Å². The molecule has 1 fully saturated rings. The van der Waals surface area contributed by atoms with E-state index >= 15 is 0 Å². The number of rotatable bonds is 1. The van der Waals surface area contributed by atoms with Gasteiger partial charge in [0.15, 0.2) is 0 Å². The van der Waals surface area contributed by atoms with Gasteiger partial charge in [-0.05, 0) is 18.6 Å². The van der Waals surface area contributed by atoms with Crippen LogP contribution in [-0.4, -0.2) is 42.5 Å². The lowest BCUT2D eigenvalue weighted by molar-refractivity contribution is -0.127. The number of carbonyl (C=O) groups excluding carboxylic acids is 1. The molecule has 1 aromatic heterocycles. The zero-order chi connectivity index (χ0) is 12.3. The first kappa shape index (κ1) is 11.4. The van der Waals surface area contributed by atoms with Crippen LogP contribution in [-0.2, 0) is 4.79 Å². The van der Waals surface area contributed by atoms with E-state index in [0.29, 0.717) is 12.1 Å². The van der Waals surface area contributed by atoms with Crippen molar-refractivity contribution in [3.05, 3.63) is 23.9 Å². The summed E-state index contributed by atoms with van der Waals surface area (Å²) in [6.45, 7) is 1.95. The van der Waals surface area contributed by atoms with Crippen LogP contribution in [0.5, 0.6) is 0 Å². The second-order valence-corrected chi connectivity index (χ2v) is 4.11. The first-order chi connectivity index (χ1) is 8.20. The highest BCUT2D eigenvalue weighted by Crippen LogP contribution is 2.13. The molecule has 0 radical (unpaired) electrons. The van der Waals surface area contributed by atoms with Gasteiger partial charge in [0.2, 0.25) is 5.91 Å². The second kappa shape index (κ2) is 4.83. The average Bonchev–Trinajstić information content (AvgIpc) is 2.52. The molecule has 17 heavy (non-hydrogen) atoms. The molecule has 0 bridgehead atoms. The lowest BCUT2D eigenvalue weighted by Gasteiger charge is -2.20. The van der Waals surface area contributed by atoms with Gasteiger partial charge in [0.25, 0.3) is 0 Å². The van der Waals surface area contributed by atoms with Crippen LogP contribution in [0.25, 0.3) is 0 Å². The molecule has 0 unspecified atom stereocenters. The van der Waals surface area contributed by atoms with Crippen LogP contribution < -0.4 is 4.90 Å². The summed E-state index contributed by atoms with van der Waals surface area (Å²) in [5, 5.41) is 8.70. The Morgan fingerprint density at radius 2 is 2.24 bits per heavy atom. The number of carbonyl (C=O) groups is 1. The van der Waals surface area contributed by atoms with Gasteiger partial charge in [-0.3, -0.25) is 4.79 Å². The van der Waals surface area contributed by atoms with Crippen LogP contribution in [0, 0.1) is 11.3 Å². The number of likely N-dealkylation sites (N-methyl/N-ethyl adjacent to an activating group) is 1. The molecular weight excluding hydrogens is 216 g/mol. The van der Waals surface area contributed by atoms with Gasteiger partial charge in [0.05, 0.1) is 12.1 Å². The number of nitrogens with zero attached hydrogens (tertiary/aromatic N) is 4. The standard InChI is InChI=1S/C12H14N4O/c1-15-5-2-6-16(9-12(15)17)11-4-3-10(7-13)8-14-11/h3-4,8H,2,5-6,9H2,1H3. The van der Waals surface area contributed by atoms with E-state index in [1.165, 1.54) is 6.20 Å². The Labute approximate surface area is 100 Å². The Bertz CT molecular complexity index is 449. The number of hydrogen-bond donors (Lipinski definition) is 0. The summed E-state index contributed by atoms with van der Waals surface area (Å²) in [5.74, 6) is 0.862. The average molecular weight is 230 g/mol. The number of hydrogen-bond acceptors (Lipinski definition) is 4. The van der Waals surface area contributed by atoms with E-state index in [1.54, 1.807) is 17.0 Å². The molecule has 0 N–H and O–H groups in total. The minimum atomic E-state index is 0.105. The summed E-state index contributed by atoms with van der Waals surface area (Å²) in [4.78, 5) is 19.6. The quantitative estimate of drug-likeness (QED) is 0.709. The highest BCUT2D eigenvalue weighted by atomic mass is 16.2. The van der Waals surface area contributed by atoms with Crippen molar-refractivity contribution in [1.29, 1.82) is 5.26 Å². The lowest BCUT2D eigenvalue weighted by atomic mass is 10.3. The fraction of sp³-hybridized carbons (Fsp3) is 0.417. The molecular formula is C12H14N4O. The van der Waals surface area contributed by atoms with Crippen molar-refractivity contribution >= 4 is 11.7 Å². The summed E-state index contributed by atoms with van der Waals surface area (Å²) in [6, 6.07) is 5.54. The molecule has 1 aliphatic rings. The van der Waals surface area contributed by atoms with Crippen LogP contribution in [0.3, 0.4) is 0 Å². The molecule has 0 aliphatic carbocycles. The Morgan fingerprint density at radius 3 is 2.88 bits per heavy atom. The maximum atomic E-state index is 11.7. The van der Waals surface area contributed by atoms with E-state index in [4.69, 9.17) is 5.26 Å². The maximum Gasteiger partial charge on any atom is 0.241 e. The summed E-state index contributed by atoms with van der Waals surface area (Å²) in [7, 11) is 1.82. The predicted molar refractivity (Wildman–Crippen MR) is 63.4 cm³/mol. The van der Waals surface area contributed by atoms with E-state index in [2.05, 4.69) is 4.98 Å². The van der Waals surface area contributed by atoms with Gasteiger partial charge in [-0.25, -0.2) is 4.98 Å². The third-order valence-electron chi connectivity index (χ3n) is 2.87. The predicted octanol–water partition coefficient (Wildman–Crippen LogP) is 0.622. The normalized spacial score (nSPS) is 16.6. The Balaban J connectivity index is 2.15. The fourth-order valence-electron chi connectivity index (χ4n) is 1.82. The fourth-order valence-corrected chi connectivity index (χ4v) is 1.82. The zero-order valence-electron chi connectivity index (χ0n) is 9.76. The number of aromatic nitrogens is 1. The molecule has 2 heterocycles. The van der Waals surface area contributed by atoms with Gasteiger partial charge < -0.3 is 9.80 Å². The largest absolute Gasteiger partial charge is 0.347 e. The molecule has 1 amide bonds. The smallest absolute Gasteiger partial charge is 0.241 e. The zero-order valence-corrected chi connectivity index (χ0v) is 9.76. The van der Waals surface area contributed by atoms with Crippen molar-refractivity contribution in [1.82, 2.24) is 9.88 Å². The van der Waals surface area contributed by atoms with Crippen LogP contribution in [0.2, 0.25) is 0 Å². The number of nitriles is 1. The molecule has 1 aliphatic heterocycles. The van der Waals surface area contributed by atoms with Crippen molar-refractivity contribution in [2.24, 2.45) is 0 Å². The van der Waals surface area contributed by atoms with Gasteiger partial charge in [0.1, 0.15) is 11.9 Å². The third-order valence-corrected chi connectivity index (χ3v) is 2.87. The molecule has 2 rings (SSSR count). The Hall–Kier alpha value is -2.09. The SMILES string of the molecule is CN1CCCN(c2ccc(C#N)cn2)CC1=O. The first-order valence-corrected chi connectivity index (χ1v) is 5.56. The molecule has 0 aromatic carbocycles. The van der Waals surface area contributed by atoms with Crippen molar-refractivity contribution < 1.29 is 4.79 Å². The van der Waals surface area contributed by atoms with Gasteiger partial charge in [-0.1, -0.05) is 0 Å². The monoisotopic (exact) mass is 230 g/mol. The highest BCUT2D eigenvalue weighted by molar-refractivity contribution is 5.81.